The summed E-state index contributed by atoms with van der Waals surface area (Å²) in [6.45, 7) is 4.47. The van der Waals surface area contributed by atoms with E-state index in [2.05, 4.69) is 26.2 Å². The average Bonchev–Trinajstić information content (AvgIpc) is 3.55. The number of hydrogen-bond acceptors (Lipinski definition) is 8. The summed E-state index contributed by atoms with van der Waals surface area (Å²) in [6.07, 6.45) is 12.8. The Morgan fingerprint density at radius 1 is 1.21 bits per heavy atom. The molecule has 4 heterocycles. The van der Waals surface area contributed by atoms with Crippen LogP contribution in [0, 0.1) is 17.2 Å². The number of aromatic nitrogens is 5. The number of carbonyl (C=O) groups excluding carboxylic acids is 1. The summed E-state index contributed by atoms with van der Waals surface area (Å²) < 4.78 is 10.1. The zero-order valence-electron chi connectivity index (χ0n) is 22.6. The lowest BCUT2D eigenvalue weighted by atomic mass is 9.87. The number of ether oxygens (including phenoxy) is 1. The Kier molecular flexibility index (Phi) is 6.94. The molecule has 1 aliphatic carbocycles. The molecule has 1 amide bonds. The van der Waals surface area contributed by atoms with Crippen molar-refractivity contribution < 1.29 is 9.53 Å². The number of nitriles is 1. The molecule has 1 saturated carbocycles. The SMILES string of the molecule is CNc1cc2c(cn1)c(-c1cnn(C(C)(C)C#N)c1)nn2CC1CCC(OC2C=CC(=O)N(C)N2C)CC1. The van der Waals surface area contributed by atoms with Gasteiger partial charge in [-0.15, -0.1) is 0 Å². The Morgan fingerprint density at radius 2 is 1.97 bits per heavy atom. The molecule has 3 aromatic heterocycles. The summed E-state index contributed by atoms with van der Waals surface area (Å²) in [5.74, 6) is 1.22. The van der Waals surface area contributed by atoms with Gasteiger partial charge in [0.15, 0.2) is 0 Å². The molecule has 38 heavy (non-hydrogen) atoms. The number of hydrazine groups is 1. The van der Waals surface area contributed by atoms with Crippen LogP contribution in [0.5, 0.6) is 0 Å². The van der Waals surface area contributed by atoms with E-state index in [1.54, 1.807) is 29.0 Å². The van der Waals surface area contributed by atoms with Crippen LogP contribution in [0.15, 0.2) is 36.8 Å². The van der Waals surface area contributed by atoms with Crippen molar-refractivity contribution >= 4 is 22.6 Å². The number of likely N-dealkylation sites (N-methyl/N-ethyl adjacent to an activating group) is 2. The molecule has 2 aliphatic rings. The van der Waals surface area contributed by atoms with Crippen molar-refractivity contribution in [3.63, 3.8) is 0 Å². The maximum Gasteiger partial charge on any atom is 0.260 e. The van der Waals surface area contributed by atoms with Gasteiger partial charge in [-0.05, 0) is 51.5 Å². The largest absolute Gasteiger partial charge is 0.373 e. The zero-order chi connectivity index (χ0) is 27.0. The second kappa shape index (κ2) is 10.2. The van der Waals surface area contributed by atoms with Crippen LogP contribution < -0.4 is 5.32 Å². The van der Waals surface area contributed by atoms with Crippen LogP contribution in [-0.2, 0) is 21.6 Å². The highest BCUT2D eigenvalue weighted by atomic mass is 16.5. The molecule has 3 aromatic rings. The van der Waals surface area contributed by atoms with Crippen LogP contribution in [0.3, 0.4) is 0 Å². The lowest BCUT2D eigenvalue weighted by Crippen LogP contribution is -2.50. The molecule has 0 spiro atoms. The highest BCUT2D eigenvalue weighted by Gasteiger charge is 2.30. The van der Waals surface area contributed by atoms with E-state index >= 15 is 0 Å². The summed E-state index contributed by atoms with van der Waals surface area (Å²) in [4.78, 5) is 16.4. The van der Waals surface area contributed by atoms with Crippen molar-refractivity contribution in [3.05, 3.63) is 36.8 Å². The lowest BCUT2D eigenvalue weighted by molar-refractivity contribution is -0.172. The molecular formula is C27H35N9O2. The Hall–Kier alpha value is -3.75. The summed E-state index contributed by atoms with van der Waals surface area (Å²) in [5.41, 5.74) is 1.95. The number of pyridine rings is 1. The number of carbonyl (C=O) groups is 1. The van der Waals surface area contributed by atoms with Gasteiger partial charge in [0.25, 0.3) is 5.91 Å². The highest BCUT2D eigenvalue weighted by Crippen LogP contribution is 2.33. The standard InChI is InChI=1S/C27H35N9O2/c1-27(2,17-28)36-16-19(13-31-36)26-21-14-30-23(29-3)12-22(21)35(32-26)15-18-6-8-20(9-7-18)38-25-11-10-24(37)33(4)34(25)5/h10-14,16,18,20,25H,6-9,15H2,1-5H3,(H,29,30). The molecule has 0 radical (unpaired) electrons. The van der Waals surface area contributed by atoms with Crippen LogP contribution in [0.2, 0.25) is 0 Å². The third kappa shape index (κ3) is 4.89. The van der Waals surface area contributed by atoms with Crippen molar-refractivity contribution in [2.75, 3.05) is 26.5 Å². The van der Waals surface area contributed by atoms with Crippen LogP contribution in [-0.4, -0.2) is 73.9 Å². The van der Waals surface area contributed by atoms with E-state index < -0.39 is 5.54 Å². The number of rotatable bonds is 7. The second-order valence-electron chi connectivity index (χ2n) is 10.7. The highest BCUT2D eigenvalue weighted by molar-refractivity contribution is 5.93. The molecule has 5 rings (SSSR count). The molecule has 1 fully saturated rings. The molecule has 1 aliphatic heterocycles. The monoisotopic (exact) mass is 517 g/mol. The van der Waals surface area contributed by atoms with Crippen LogP contribution in [0.25, 0.3) is 22.2 Å². The van der Waals surface area contributed by atoms with Gasteiger partial charge in [-0.3, -0.25) is 19.2 Å². The molecule has 1 N–H and O–H groups in total. The first-order chi connectivity index (χ1) is 18.2. The van der Waals surface area contributed by atoms with Gasteiger partial charge in [0, 0.05) is 63.2 Å². The first kappa shape index (κ1) is 25.9. The fourth-order valence-corrected chi connectivity index (χ4v) is 5.11. The molecule has 11 nitrogen and oxygen atoms in total. The molecule has 200 valence electrons. The molecule has 11 heteroatoms. The van der Waals surface area contributed by atoms with E-state index in [1.165, 1.54) is 0 Å². The van der Waals surface area contributed by atoms with Gasteiger partial charge in [0.1, 0.15) is 23.3 Å². The molecule has 0 saturated heterocycles. The number of amides is 1. The van der Waals surface area contributed by atoms with Crippen molar-refractivity contribution in [2.45, 2.75) is 63.9 Å². The number of nitrogens with zero attached hydrogens (tertiary/aromatic N) is 8. The van der Waals surface area contributed by atoms with Gasteiger partial charge in [-0.25, -0.2) is 4.98 Å². The Balaban J connectivity index is 1.32. The van der Waals surface area contributed by atoms with Gasteiger partial charge in [-0.1, -0.05) is 0 Å². The van der Waals surface area contributed by atoms with E-state index in [4.69, 9.17) is 9.84 Å². The Bertz CT molecular complexity index is 1390. The third-order valence-electron chi connectivity index (χ3n) is 7.72. The number of anilines is 1. The topological polar surface area (TPSA) is 117 Å². The quantitative estimate of drug-likeness (QED) is 0.507. The minimum absolute atomic E-state index is 0.0420. The van der Waals surface area contributed by atoms with Crippen molar-refractivity contribution in [2.24, 2.45) is 5.92 Å². The first-order valence-electron chi connectivity index (χ1n) is 13.1. The fraction of sp³-hybridized carbons (Fsp3) is 0.519. The smallest absolute Gasteiger partial charge is 0.260 e. The first-order valence-corrected chi connectivity index (χ1v) is 13.1. The van der Waals surface area contributed by atoms with Gasteiger partial charge in [0.05, 0.1) is 23.9 Å². The van der Waals surface area contributed by atoms with Crippen LogP contribution in [0.4, 0.5) is 5.82 Å². The van der Waals surface area contributed by atoms with E-state index in [0.29, 0.717) is 5.92 Å². The maximum atomic E-state index is 11.9. The summed E-state index contributed by atoms with van der Waals surface area (Å²) in [5, 5.41) is 26.5. The number of fused-ring (bicyclic) bond motifs is 1. The van der Waals surface area contributed by atoms with E-state index in [1.807, 2.05) is 57.5 Å². The Morgan fingerprint density at radius 3 is 2.68 bits per heavy atom. The van der Waals surface area contributed by atoms with E-state index in [0.717, 1.165) is 60.2 Å². The summed E-state index contributed by atoms with van der Waals surface area (Å²) in [7, 11) is 5.49. The number of nitrogens with one attached hydrogen (secondary N) is 1. The molecule has 0 aromatic carbocycles. The predicted molar refractivity (Wildman–Crippen MR) is 144 cm³/mol. The molecule has 1 unspecified atom stereocenters. The second-order valence-corrected chi connectivity index (χ2v) is 10.7. The van der Waals surface area contributed by atoms with Gasteiger partial charge >= 0.3 is 0 Å². The minimum atomic E-state index is -0.748. The van der Waals surface area contributed by atoms with Gasteiger partial charge in [0.2, 0.25) is 0 Å². The van der Waals surface area contributed by atoms with E-state index in [-0.39, 0.29) is 18.2 Å². The van der Waals surface area contributed by atoms with Crippen LogP contribution in [0.1, 0.15) is 39.5 Å². The van der Waals surface area contributed by atoms with Gasteiger partial charge in [-0.2, -0.15) is 20.5 Å². The normalized spacial score (nSPS) is 22.7. The minimum Gasteiger partial charge on any atom is -0.373 e. The average molecular weight is 518 g/mol. The van der Waals surface area contributed by atoms with Crippen molar-refractivity contribution in [1.29, 1.82) is 5.26 Å². The zero-order valence-corrected chi connectivity index (χ0v) is 22.6. The molecule has 1 atom stereocenters. The molecular weight excluding hydrogens is 482 g/mol. The predicted octanol–water partition coefficient (Wildman–Crippen LogP) is 3.37. The maximum absolute atomic E-state index is 11.9. The summed E-state index contributed by atoms with van der Waals surface area (Å²) in [6, 6.07) is 4.33. The summed E-state index contributed by atoms with van der Waals surface area (Å²) >= 11 is 0. The van der Waals surface area contributed by atoms with Gasteiger partial charge < -0.3 is 10.1 Å². The third-order valence-corrected chi connectivity index (χ3v) is 7.72. The molecule has 0 bridgehead atoms. The van der Waals surface area contributed by atoms with Crippen molar-refractivity contribution in [1.82, 2.24) is 34.6 Å². The van der Waals surface area contributed by atoms with Crippen LogP contribution >= 0.6 is 0 Å². The Labute approximate surface area is 222 Å². The number of hydrogen-bond donors (Lipinski definition) is 1. The van der Waals surface area contributed by atoms with Crippen molar-refractivity contribution in [3.8, 4) is 17.3 Å². The fourth-order valence-electron chi connectivity index (χ4n) is 5.11. The lowest BCUT2D eigenvalue weighted by Gasteiger charge is -2.39. The van der Waals surface area contributed by atoms with E-state index in [9.17, 15) is 10.1 Å².